The van der Waals surface area contributed by atoms with E-state index in [0.29, 0.717) is 11.5 Å². The Kier molecular flexibility index (Phi) is 1.54. The third-order valence-corrected chi connectivity index (χ3v) is 1.65. The molecule has 2 N–H and O–H groups in total. The molecule has 0 aromatic heterocycles. The lowest BCUT2D eigenvalue weighted by atomic mass is 10.2. The van der Waals surface area contributed by atoms with Crippen LogP contribution < -0.4 is 5.73 Å². The second-order valence-corrected chi connectivity index (χ2v) is 2.71. The quantitative estimate of drug-likeness (QED) is 0.522. The molecule has 1 atom stereocenters. The number of nitrogens with two attached hydrogens (primary N) is 1. The van der Waals surface area contributed by atoms with Crippen molar-refractivity contribution in [2.45, 2.75) is 13.0 Å². The van der Waals surface area contributed by atoms with Crippen molar-refractivity contribution in [3.8, 4) is 0 Å². The van der Waals surface area contributed by atoms with Crippen molar-refractivity contribution >= 4 is 29.6 Å². The number of guanidine groups is 1. The molecule has 2 aliphatic rings. The Balaban J connectivity index is 2.44. The van der Waals surface area contributed by atoms with E-state index < -0.39 is 11.9 Å². The van der Waals surface area contributed by atoms with Gasteiger partial charge < -0.3 is 5.73 Å². The fourth-order valence-electron chi connectivity index (χ4n) is 1.10. The number of hydrogen-bond donors (Lipinski definition) is 1. The zero-order valence-corrected chi connectivity index (χ0v) is 6.93. The fourth-order valence-corrected chi connectivity index (χ4v) is 1.10. The molecule has 1 unspecified atom stereocenters. The first-order valence-electron chi connectivity index (χ1n) is 3.72. The monoisotopic (exact) mass is 177 g/mol. The molecule has 1 amide bonds. The molecular formula is C7H7N5O. The molecule has 0 saturated heterocycles. The summed E-state index contributed by atoms with van der Waals surface area (Å²) in [7, 11) is 0. The number of carbonyl (C=O) groups is 1. The van der Waals surface area contributed by atoms with Crippen molar-refractivity contribution < 1.29 is 4.79 Å². The Labute approximate surface area is 74.0 Å². The maximum atomic E-state index is 11.3. The minimum absolute atomic E-state index is 0.0526. The predicted octanol–water partition coefficient (Wildman–Crippen LogP) is -0.846. The van der Waals surface area contributed by atoms with Crippen molar-refractivity contribution in [3.05, 3.63) is 0 Å². The summed E-state index contributed by atoms with van der Waals surface area (Å²) in [5, 5.41) is 0. The molecule has 2 aliphatic heterocycles. The molecule has 6 heteroatoms. The van der Waals surface area contributed by atoms with Crippen LogP contribution in [0.5, 0.6) is 0 Å². The van der Waals surface area contributed by atoms with E-state index in [-0.39, 0.29) is 5.96 Å². The molecule has 0 spiro atoms. The van der Waals surface area contributed by atoms with E-state index in [2.05, 4.69) is 20.0 Å². The summed E-state index contributed by atoms with van der Waals surface area (Å²) in [6.45, 7) is 1.76. The normalized spacial score (nSPS) is 26.1. The minimum Gasteiger partial charge on any atom is -0.368 e. The predicted molar refractivity (Wildman–Crippen MR) is 49.5 cm³/mol. The number of rotatable bonds is 0. The molecule has 0 saturated carbocycles. The molecule has 0 aromatic carbocycles. The van der Waals surface area contributed by atoms with E-state index in [1.807, 2.05) is 0 Å². The van der Waals surface area contributed by atoms with Crippen LogP contribution in [0.1, 0.15) is 6.92 Å². The number of amidine groups is 1. The molecule has 0 radical (unpaired) electrons. The number of hydrogen-bond acceptors (Lipinski definition) is 5. The first-order chi connectivity index (χ1) is 6.16. The van der Waals surface area contributed by atoms with E-state index in [9.17, 15) is 4.79 Å². The van der Waals surface area contributed by atoms with Gasteiger partial charge in [-0.25, -0.2) is 4.99 Å². The summed E-state index contributed by atoms with van der Waals surface area (Å²) >= 11 is 0. The van der Waals surface area contributed by atoms with E-state index in [0.717, 1.165) is 0 Å². The zero-order chi connectivity index (χ0) is 9.42. The highest BCUT2D eigenvalue weighted by Gasteiger charge is 2.29. The van der Waals surface area contributed by atoms with Crippen LogP contribution >= 0.6 is 0 Å². The Morgan fingerprint density at radius 2 is 2.23 bits per heavy atom. The SMILES string of the molecule is CC1=NC2C(=O)N=C(N)N=C2N=C1. The van der Waals surface area contributed by atoms with Crippen LogP contribution in [0.4, 0.5) is 0 Å². The first-order valence-corrected chi connectivity index (χ1v) is 3.72. The highest BCUT2D eigenvalue weighted by Crippen LogP contribution is 2.09. The summed E-state index contributed by atoms with van der Waals surface area (Å²) in [5.41, 5.74) is 5.97. The van der Waals surface area contributed by atoms with Crippen LogP contribution in [0.3, 0.4) is 0 Å². The summed E-state index contributed by atoms with van der Waals surface area (Å²) < 4.78 is 0. The van der Waals surface area contributed by atoms with E-state index in [4.69, 9.17) is 5.73 Å². The van der Waals surface area contributed by atoms with Gasteiger partial charge in [0.15, 0.2) is 11.9 Å². The molecule has 0 bridgehead atoms. The zero-order valence-electron chi connectivity index (χ0n) is 6.93. The highest BCUT2D eigenvalue weighted by molar-refractivity contribution is 6.36. The maximum Gasteiger partial charge on any atom is 0.281 e. The van der Waals surface area contributed by atoms with E-state index in [1.54, 1.807) is 13.1 Å². The average molecular weight is 177 g/mol. The molecule has 2 heterocycles. The van der Waals surface area contributed by atoms with Gasteiger partial charge in [-0.2, -0.15) is 9.98 Å². The third kappa shape index (κ3) is 1.26. The van der Waals surface area contributed by atoms with Gasteiger partial charge >= 0.3 is 0 Å². The Morgan fingerprint density at radius 3 is 3.00 bits per heavy atom. The second-order valence-electron chi connectivity index (χ2n) is 2.71. The van der Waals surface area contributed by atoms with Gasteiger partial charge in [0.1, 0.15) is 0 Å². The lowest BCUT2D eigenvalue weighted by Crippen LogP contribution is -2.36. The second kappa shape index (κ2) is 2.58. The highest BCUT2D eigenvalue weighted by atomic mass is 16.1. The smallest absolute Gasteiger partial charge is 0.281 e. The summed E-state index contributed by atoms with van der Waals surface area (Å²) in [6, 6.07) is -0.683. The molecule has 0 fully saturated rings. The van der Waals surface area contributed by atoms with Gasteiger partial charge in [0.2, 0.25) is 5.96 Å². The Morgan fingerprint density at radius 1 is 1.46 bits per heavy atom. The summed E-state index contributed by atoms with van der Waals surface area (Å²) in [6.07, 6.45) is 1.54. The van der Waals surface area contributed by atoms with Gasteiger partial charge in [0.05, 0.1) is 5.71 Å². The largest absolute Gasteiger partial charge is 0.368 e. The van der Waals surface area contributed by atoms with Gasteiger partial charge in [0.25, 0.3) is 5.91 Å². The number of carbonyl (C=O) groups excluding carboxylic acids is 1. The van der Waals surface area contributed by atoms with Crippen LogP contribution in [-0.2, 0) is 4.79 Å². The fraction of sp³-hybridized carbons (Fsp3) is 0.286. The van der Waals surface area contributed by atoms with E-state index >= 15 is 0 Å². The van der Waals surface area contributed by atoms with Crippen LogP contribution in [0.25, 0.3) is 0 Å². The van der Waals surface area contributed by atoms with Crippen LogP contribution in [0.2, 0.25) is 0 Å². The number of amides is 1. The lowest BCUT2D eigenvalue weighted by molar-refractivity contribution is -0.117. The van der Waals surface area contributed by atoms with Crippen molar-refractivity contribution in [2.24, 2.45) is 25.7 Å². The lowest BCUT2D eigenvalue weighted by Gasteiger charge is -2.15. The van der Waals surface area contributed by atoms with Crippen molar-refractivity contribution in [1.82, 2.24) is 0 Å². The summed E-state index contributed by atoms with van der Waals surface area (Å²) in [5.74, 6) is -0.134. The van der Waals surface area contributed by atoms with Crippen molar-refractivity contribution in [3.63, 3.8) is 0 Å². The minimum atomic E-state index is -0.683. The van der Waals surface area contributed by atoms with Crippen LogP contribution in [0.15, 0.2) is 20.0 Å². The van der Waals surface area contributed by atoms with Gasteiger partial charge in [-0.3, -0.25) is 9.79 Å². The van der Waals surface area contributed by atoms with Crippen LogP contribution in [0, 0.1) is 0 Å². The van der Waals surface area contributed by atoms with Gasteiger partial charge in [-0.05, 0) is 6.92 Å². The molecule has 6 nitrogen and oxygen atoms in total. The van der Waals surface area contributed by atoms with Gasteiger partial charge in [-0.1, -0.05) is 0 Å². The molecule has 13 heavy (non-hydrogen) atoms. The molecule has 2 rings (SSSR count). The number of nitrogens with zero attached hydrogens (tertiary/aromatic N) is 4. The molecular weight excluding hydrogens is 170 g/mol. The molecule has 66 valence electrons. The third-order valence-electron chi connectivity index (χ3n) is 1.65. The maximum absolute atomic E-state index is 11.3. The van der Waals surface area contributed by atoms with E-state index in [1.165, 1.54) is 0 Å². The van der Waals surface area contributed by atoms with Crippen molar-refractivity contribution in [2.75, 3.05) is 0 Å². The molecule has 0 aromatic rings. The first kappa shape index (κ1) is 7.78. The standard InChI is InChI=1S/C7H7N5O/c1-3-2-9-5-4(10-3)6(13)12-7(8)11-5/h2,4H,1H3,(H2,8,12,13). The number of aliphatic imine (C=N–C) groups is 4. The number of fused-ring (bicyclic) bond motifs is 1. The van der Waals surface area contributed by atoms with Crippen molar-refractivity contribution in [1.29, 1.82) is 0 Å². The molecule has 0 aliphatic carbocycles. The average Bonchev–Trinajstić information content (AvgIpc) is 2.06. The summed E-state index contributed by atoms with van der Waals surface area (Å²) in [4.78, 5) is 26.5. The van der Waals surface area contributed by atoms with Crippen LogP contribution in [-0.4, -0.2) is 35.7 Å². The van der Waals surface area contributed by atoms with Gasteiger partial charge in [0, 0.05) is 6.21 Å². The Hall–Kier alpha value is -1.85. The Bertz CT molecular complexity index is 390. The topological polar surface area (TPSA) is 92.5 Å². The van der Waals surface area contributed by atoms with Gasteiger partial charge in [-0.15, -0.1) is 0 Å².